The van der Waals surface area contributed by atoms with Crippen molar-refractivity contribution in [2.24, 2.45) is 0 Å². The molecule has 0 spiro atoms. The molecule has 2 aromatic rings. The molecule has 0 fully saturated rings. The third-order valence-corrected chi connectivity index (χ3v) is 1.90. The second kappa shape index (κ2) is 3.53. The third-order valence-electron chi connectivity index (χ3n) is 1.90. The zero-order chi connectivity index (χ0) is 10.8. The number of oxazole rings is 1. The molecule has 76 valence electrons. The molecule has 5 heteroatoms. The molecule has 1 aromatic carbocycles. The molecule has 0 saturated heterocycles. The minimum Gasteiger partial charge on any atom is -0.423 e. The number of carbonyl (C=O) groups is 1. The Labute approximate surface area is 84.5 Å². The monoisotopic (exact) mass is 206 g/mol. The second-order valence-corrected chi connectivity index (χ2v) is 2.86. The lowest BCUT2D eigenvalue weighted by Gasteiger charge is -1.97. The Kier molecular flexibility index (Phi) is 2.21. The summed E-state index contributed by atoms with van der Waals surface area (Å²) in [6.07, 6.45) is 0.474. The van der Waals surface area contributed by atoms with E-state index in [2.05, 4.69) is 4.98 Å². The van der Waals surface area contributed by atoms with Crippen molar-refractivity contribution in [1.29, 1.82) is 0 Å². The van der Waals surface area contributed by atoms with E-state index in [4.69, 9.17) is 10.2 Å². The molecule has 0 unspecified atom stereocenters. The van der Waals surface area contributed by atoms with Crippen LogP contribution in [0.1, 0.15) is 10.5 Å². The van der Waals surface area contributed by atoms with E-state index < -0.39 is 5.82 Å². The molecule has 0 aliphatic heterocycles. The van der Waals surface area contributed by atoms with E-state index in [0.717, 1.165) is 0 Å². The second-order valence-electron chi connectivity index (χ2n) is 2.86. The lowest BCUT2D eigenvalue weighted by atomic mass is 10.1. The van der Waals surface area contributed by atoms with E-state index in [1.807, 2.05) is 0 Å². The summed E-state index contributed by atoms with van der Waals surface area (Å²) in [5, 5.41) is 0. The molecular formula is C10H7FN2O2. The van der Waals surface area contributed by atoms with Crippen molar-refractivity contribution in [3.05, 3.63) is 35.8 Å². The van der Waals surface area contributed by atoms with Gasteiger partial charge in [-0.2, -0.15) is 4.98 Å². The number of aldehydes is 1. The van der Waals surface area contributed by atoms with Crippen molar-refractivity contribution >= 4 is 12.3 Å². The van der Waals surface area contributed by atoms with Gasteiger partial charge in [0, 0.05) is 0 Å². The zero-order valence-corrected chi connectivity index (χ0v) is 7.61. The molecule has 4 nitrogen and oxygen atoms in total. The van der Waals surface area contributed by atoms with Crippen LogP contribution in [0.4, 0.5) is 10.4 Å². The summed E-state index contributed by atoms with van der Waals surface area (Å²) < 4.78 is 18.3. The number of anilines is 1. The van der Waals surface area contributed by atoms with Crippen LogP contribution in [0.25, 0.3) is 11.3 Å². The van der Waals surface area contributed by atoms with E-state index >= 15 is 0 Å². The van der Waals surface area contributed by atoms with Gasteiger partial charge in [-0.05, 0) is 12.1 Å². The van der Waals surface area contributed by atoms with Crippen molar-refractivity contribution in [2.45, 2.75) is 0 Å². The fourth-order valence-corrected chi connectivity index (χ4v) is 1.27. The summed E-state index contributed by atoms with van der Waals surface area (Å²) in [6, 6.07) is 5.77. The number of carbonyl (C=O) groups excluding carboxylic acids is 1. The number of hydrogen-bond acceptors (Lipinski definition) is 4. The highest BCUT2D eigenvalue weighted by Crippen LogP contribution is 2.26. The first-order valence-electron chi connectivity index (χ1n) is 4.18. The van der Waals surface area contributed by atoms with Crippen molar-refractivity contribution in [1.82, 2.24) is 4.98 Å². The number of hydrogen-bond donors (Lipinski definition) is 1. The highest BCUT2D eigenvalue weighted by molar-refractivity contribution is 5.83. The lowest BCUT2D eigenvalue weighted by molar-refractivity contribution is 0.112. The van der Waals surface area contributed by atoms with Gasteiger partial charge in [-0.3, -0.25) is 4.79 Å². The van der Waals surface area contributed by atoms with Crippen LogP contribution in [-0.2, 0) is 0 Å². The summed E-state index contributed by atoms with van der Waals surface area (Å²) in [5.74, 6) is -0.433. The first kappa shape index (κ1) is 9.39. The summed E-state index contributed by atoms with van der Waals surface area (Å²) in [5.41, 5.74) is 5.45. The average molecular weight is 206 g/mol. The Morgan fingerprint density at radius 1 is 1.40 bits per heavy atom. The van der Waals surface area contributed by atoms with Crippen LogP contribution in [0.2, 0.25) is 0 Å². The van der Waals surface area contributed by atoms with Crippen LogP contribution < -0.4 is 5.73 Å². The van der Waals surface area contributed by atoms with Gasteiger partial charge >= 0.3 is 0 Å². The molecule has 0 atom stereocenters. The largest absolute Gasteiger partial charge is 0.423 e. The highest BCUT2D eigenvalue weighted by Gasteiger charge is 2.15. The fourth-order valence-electron chi connectivity index (χ4n) is 1.27. The van der Waals surface area contributed by atoms with Crippen molar-refractivity contribution < 1.29 is 13.6 Å². The Hall–Kier alpha value is -2.17. The van der Waals surface area contributed by atoms with Crippen LogP contribution in [0.3, 0.4) is 0 Å². The van der Waals surface area contributed by atoms with Crippen LogP contribution in [0.5, 0.6) is 0 Å². The van der Waals surface area contributed by atoms with Crippen LogP contribution >= 0.6 is 0 Å². The zero-order valence-electron chi connectivity index (χ0n) is 7.61. The molecule has 0 amide bonds. The SMILES string of the molecule is Nc1nc(C=O)c(-c2ccccc2F)o1. The number of halogens is 1. The molecule has 0 aliphatic rings. The normalized spacial score (nSPS) is 10.2. The molecule has 2 N–H and O–H groups in total. The Morgan fingerprint density at radius 3 is 2.80 bits per heavy atom. The van der Waals surface area contributed by atoms with Gasteiger partial charge < -0.3 is 10.2 Å². The first-order chi connectivity index (χ1) is 7.22. The van der Waals surface area contributed by atoms with Crippen LogP contribution in [-0.4, -0.2) is 11.3 Å². The molecule has 0 aliphatic carbocycles. The van der Waals surface area contributed by atoms with Crippen molar-refractivity contribution in [2.75, 3.05) is 5.73 Å². The predicted octanol–water partition coefficient (Wildman–Crippen LogP) is 1.88. The minimum absolute atomic E-state index is 0.00222. The maximum atomic E-state index is 13.4. The van der Waals surface area contributed by atoms with Gasteiger partial charge in [-0.25, -0.2) is 4.39 Å². The van der Waals surface area contributed by atoms with Gasteiger partial charge in [0.25, 0.3) is 6.01 Å². The Balaban J connectivity index is 2.63. The summed E-state index contributed by atoms with van der Waals surface area (Å²) in [6.45, 7) is 0. The number of benzene rings is 1. The predicted molar refractivity (Wildman–Crippen MR) is 51.7 cm³/mol. The smallest absolute Gasteiger partial charge is 0.293 e. The summed E-state index contributed by atoms with van der Waals surface area (Å²) >= 11 is 0. The van der Waals surface area contributed by atoms with Gasteiger partial charge in [0.1, 0.15) is 5.82 Å². The van der Waals surface area contributed by atoms with Crippen LogP contribution in [0, 0.1) is 5.82 Å². The summed E-state index contributed by atoms with van der Waals surface area (Å²) in [4.78, 5) is 14.2. The van der Waals surface area contributed by atoms with Gasteiger partial charge in [0.2, 0.25) is 0 Å². The molecule has 0 radical (unpaired) electrons. The Bertz CT molecular complexity index is 508. The fraction of sp³-hybridized carbons (Fsp3) is 0. The molecule has 1 aromatic heterocycles. The number of nitrogens with two attached hydrogens (primary N) is 1. The maximum Gasteiger partial charge on any atom is 0.293 e. The molecule has 0 saturated carbocycles. The number of rotatable bonds is 2. The molecule has 15 heavy (non-hydrogen) atoms. The van der Waals surface area contributed by atoms with Gasteiger partial charge in [0.05, 0.1) is 5.56 Å². The van der Waals surface area contributed by atoms with Gasteiger partial charge in [-0.15, -0.1) is 0 Å². The van der Waals surface area contributed by atoms with Crippen molar-refractivity contribution in [3.63, 3.8) is 0 Å². The topological polar surface area (TPSA) is 69.1 Å². The van der Waals surface area contributed by atoms with Gasteiger partial charge in [0.15, 0.2) is 17.7 Å². The Morgan fingerprint density at radius 2 is 2.13 bits per heavy atom. The average Bonchev–Trinajstić information content (AvgIpc) is 2.60. The highest BCUT2D eigenvalue weighted by atomic mass is 19.1. The van der Waals surface area contributed by atoms with E-state index in [0.29, 0.717) is 6.29 Å². The molecule has 1 heterocycles. The van der Waals surface area contributed by atoms with E-state index in [1.165, 1.54) is 12.1 Å². The van der Waals surface area contributed by atoms with Gasteiger partial charge in [-0.1, -0.05) is 12.1 Å². The van der Waals surface area contributed by atoms with Crippen LogP contribution in [0.15, 0.2) is 28.7 Å². The molecule has 2 rings (SSSR count). The molecular weight excluding hydrogens is 199 g/mol. The molecule has 0 bridgehead atoms. The minimum atomic E-state index is -0.489. The number of nitrogens with zero attached hydrogens (tertiary/aromatic N) is 1. The standard InChI is InChI=1S/C10H7FN2O2/c11-7-4-2-1-3-6(7)9-8(5-14)13-10(12)15-9/h1-5H,(H2,12,13). The van der Waals surface area contributed by atoms with E-state index in [1.54, 1.807) is 12.1 Å². The first-order valence-corrected chi connectivity index (χ1v) is 4.18. The van der Waals surface area contributed by atoms with E-state index in [-0.39, 0.29) is 23.0 Å². The van der Waals surface area contributed by atoms with E-state index in [9.17, 15) is 9.18 Å². The quantitative estimate of drug-likeness (QED) is 0.761. The number of aromatic nitrogens is 1. The summed E-state index contributed by atoms with van der Waals surface area (Å²) in [7, 11) is 0. The van der Waals surface area contributed by atoms with Crippen molar-refractivity contribution in [3.8, 4) is 11.3 Å². The number of nitrogen functional groups attached to an aromatic ring is 1. The lowest BCUT2D eigenvalue weighted by Crippen LogP contribution is -1.87. The third kappa shape index (κ3) is 1.59. The maximum absolute atomic E-state index is 13.4.